The number of carbonyl (C=O) groups is 1. The van der Waals surface area contributed by atoms with Gasteiger partial charge in [0.1, 0.15) is 11.6 Å². The van der Waals surface area contributed by atoms with Crippen LogP contribution in [0.25, 0.3) is 0 Å². The van der Waals surface area contributed by atoms with Crippen LogP contribution < -0.4 is 9.64 Å². The normalized spacial score (nSPS) is 14.2. The number of anilines is 1. The van der Waals surface area contributed by atoms with E-state index in [1.165, 1.54) is 17.4 Å². The van der Waals surface area contributed by atoms with Crippen LogP contribution in [-0.4, -0.2) is 63.4 Å². The fourth-order valence-corrected chi connectivity index (χ4v) is 5.54. The molecule has 0 aliphatic carbocycles. The minimum Gasteiger partial charge on any atom is -0.494 e. The Kier molecular flexibility index (Phi) is 8.14. The molecule has 3 aromatic carbocycles. The van der Waals surface area contributed by atoms with Crippen molar-refractivity contribution in [2.24, 2.45) is 0 Å². The quantitative estimate of drug-likeness (QED) is 0.438. The van der Waals surface area contributed by atoms with Crippen molar-refractivity contribution in [3.8, 4) is 5.75 Å². The molecule has 1 amide bonds. The highest BCUT2D eigenvalue weighted by Gasteiger charge is 2.26. The van der Waals surface area contributed by atoms with Gasteiger partial charge in [-0.05, 0) is 56.3 Å². The number of para-hydroxylation sites is 1. The Labute approximate surface area is 218 Å². The van der Waals surface area contributed by atoms with Crippen LogP contribution in [0.15, 0.2) is 71.6 Å². The maximum Gasteiger partial charge on any atom is 0.253 e. The smallest absolute Gasteiger partial charge is 0.253 e. The van der Waals surface area contributed by atoms with Gasteiger partial charge in [-0.3, -0.25) is 4.79 Å². The Morgan fingerprint density at radius 1 is 1.00 bits per heavy atom. The van der Waals surface area contributed by atoms with E-state index >= 15 is 0 Å². The molecule has 0 saturated carbocycles. The van der Waals surface area contributed by atoms with Crippen LogP contribution in [0, 0.1) is 12.7 Å². The molecule has 0 atom stereocenters. The Balaban J connectivity index is 1.50. The van der Waals surface area contributed by atoms with Crippen molar-refractivity contribution in [3.63, 3.8) is 0 Å². The van der Waals surface area contributed by atoms with Crippen molar-refractivity contribution >= 4 is 21.6 Å². The van der Waals surface area contributed by atoms with Crippen LogP contribution in [0.5, 0.6) is 5.75 Å². The molecule has 1 fully saturated rings. The summed E-state index contributed by atoms with van der Waals surface area (Å²) in [6.45, 7) is 6.17. The van der Waals surface area contributed by atoms with Gasteiger partial charge in [-0.25, -0.2) is 12.8 Å². The summed E-state index contributed by atoms with van der Waals surface area (Å²) in [6, 6.07) is 18.5. The predicted molar refractivity (Wildman–Crippen MR) is 142 cm³/mol. The van der Waals surface area contributed by atoms with Crippen LogP contribution >= 0.6 is 0 Å². The van der Waals surface area contributed by atoms with Gasteiger partial charge in [-0.15, -0.1) is 0 Å². The van der Waals surface area contributed by atoms with Crippen molar-refractivity contribution in [3.05, 3.63) is 89.2 Å². The summed E-state index contributed by atoms with van der Waals surface area (Å²) in [4.78, 5) is 17.2. The number of ether oxygens (including phenoxy) is 1. The van der Waals surface area contributed by atoms with Gasteiger partial charge in [0.25, 0.3) is 5.91 Å². The zero-order valence-electron chi connectivity index (χ0n) is 21.4. The molecule has 9 heteroatoms. The lowest BCUT2D eigenvalue weighted by Gasteiger charge is -2.36. The number of amides is 1. The zero-order chi connectivity index (χ0) is 26.6. The van der Waals surface area contributed by atoms with E-state index in [0.29, 0.717) is 55.3 Å². The van der Waals surface area contributed by atoms with Crippen LogP contribution in [0.1, 0.15) is 28.4 Å². The van der Waals surface area contributed by atoms with Crippen molar-refractivity contribution in [2.75, 3.05) is 44.7 Å². The molecular formula is C28H32FN3O4S. The fraction of sp³-hybridized carbons (Fsp3) is 0.321. The number of rotatable bonds is 8. The molecule has 0 bridgehead atoms. The molecule has 7 nitrogen and oxygen atoms in total. The number of benzene rings is 3. The topological polar surface area (TPSA) is 70.2 Å². The predicted octanol–water partition coefficient (Wildman–Crippen LogP) is 4.32. The summed E-state index contributed by atoms with van der Waals surface area (Å²) in [5.41, 5.74) is 2.58. The lowest BCUT2D eigenvalue weighted by molar-refractivity contribution is 0.0746. The number of piperazine rings is 1. The van der Waals surface area contributed by atoms with Gasteiger partial charge in [0, 0.05) is 50.9 Å². The zero-order valence-corrected chi connectivity index (χ0v) is 22.2. The van der Waals surface area contributed by atoms with E-state index < -0.39 is 10.0 Å². The first-order chi connectivity index (χ1) is 17.7. The number of hydrogen-bond donors (Lipinski definition) is 0. The molecule has 0 N–H and O–H groups in total. The summed E-state index contributed by atoms with van der Waals surface area (Å²) in [7, 11) is -2.21. The van der Waals surface area contributed by atoms with E-state index in [9.17, 15) is 17.6 Å². The average molecular weight is 526 g/mol. The molecule has 0 aromatic heterocycles. The largest absolute Gasteiger partial charge is 0.494 e. The number of aryl methyl sites for hydroxylation is 1. The highest BCUT2D eigenvalue weighted by Crippen LogP contribution is 2.26. The van der Waals surface area contributed by atoms with Crippen molar-refractivity contribution < 1.29 is 22.3 Å². The summed E-state index contributed by atoms with van der Waals surface area (Å²) in [5, 5.41) is 0. The second-order valence-electron chi connectivity index (χ2n) is 9.06. The first-order valence-electron chi connectivity index (χ1n) is 12.3. The Hall–Kier alpha value is -3.43. The molecule has 4 rings (SSSR count). The number of hydrogen-bond acceptors (Lipinski definition) is 5. The molecular weight excluding hydrogens is 493 g/mol. The first-order valence-corrected chi connectivity index (χ1v) is 13.7. The minimum absolute atomic E-state index is 0.0493. The number of sulfonamides is 1. The molecule has 0 unspecified atom stereocenters. The standard InChI is InChI=1S/C28H32FN3O4S/c1-4-36-27-14-11-22(19-23(27)20-30(3)37(34,35)24-12-9-21(2)10-13-24)28(33)32-17-15-31(16-18-32)26-8-6-5-7-25(26)29/h5-14,19H,4,15-18,20H2,1-3H3. The molecule has 196 valence electrons. The van der Waals surface area contributed by atoms with Gasteiger partial charge in [-0.2, -0.15) is 4.31 Å². The maximum absolute atomic E-state index is 14.2. The summed E-state index contributed by atoms with van der Waals surface area (Å²) in [6.07, 6.45) is 0. The van der Waals surface area contributed by atoms with E-state index in [0.717, 1.165) is 5.56 Å². The van der Waals surface area contributed by atoms with Gasteiger partial charge in [0.2, 0.25) is 10.0 Å². The highest BCUT2D eigenvalue weighted by atomic mass is 32.2. The lowest BCUT2D eigenvalue weighted by atomic mass is 10.1. The monoisotopic (exact) mass is 525 g/mol. The van der Waals surface area contributed by atoms with E-state index in [1.807, 2.05) is 18.7 Å². The second kappa shape index (κ2) is 11.3. The van der Waals surface area contributed by atoms with Crippen LogP contribution in [0.2, 0.25) is 0 Å². The third kappa shape index (κ3) is 5.94. The van der Waals surface area contributed by atoms with Crippen LogP contribution in [0.4, 0.5) is 10.1 Å². The van der Waals surface area contributed by atoms with Crippen LogP contribution in [0.3, 0.4) is 0 Å². The number of carbonyl (C=O) groups excluding carboxylic acids is 1. The number of halogens is 1. The van der Waals surface area contributed by atoms with Gasteiger partial charge >= 0.3 is 0 Å². The molecule has 1 heterocycles. The first kappa shape index (κ1) is 26.6. The van der Waals surface area contributed by atoms with Gasteiger partial charge in [-0.1, -0.05) is 29.8 Å². The molecule has 1 aliphatic heterocycles. The van der Waals surface area contributed by atoms with Gasteiger partial charge < -0.3 is 14.5 Å². The van der Waals surface area contributed by atoms with E-state index in [1.54, 1.807) is 65.6 Å². The molecule has 0 radical (unpaired) electrons. The second-order valence-corrected chi connectivity index (χ2v) is 11.1. The Morgan fingerprint density at radius 2 is 1.68 bits per heavy atom. The SMILES string of the molecule is CCOc1ccc(C(=O)N2CCN(c3ccccc3F)CC2)cc1CN(C)S(=O)(=O)c1ccc(C)cc1. The fourth-order valence-electron chi connectivity index (χ4n) is 4.39. The molecule has 3 aromatic rings. The van der Waals surface area contributed by atoms with Crippen molar-refractivity contribution in [2.45, 2.75) is 25.3 Å². The molecule has 1 saturated heterocycles. The maximum atomic E-state index is 14.2. The summed E-state index contributed by atoms with van der Waals surface area (Å²) >= 11 is 0. The van der Waals surface area contributed by atoms with Crippen molar-refractivity contribution in [1.29, 1.82) is 0 Å². The lowest BCUT2D eigenvalue weighted by Crippen LogP contribution is -2.49. The van der Waals surface area contributed by atoms with Crippen molar-refractivity contribution in [1.82, 2.24) is 9.21 Å². The van der Waals surface area contributed by atoms with Gasteiger partial charge in [0.05, 0.1) is 17.2 Å². The summed E-state index contributed by atoms with van der Waals surface area (Å²) < 4.78 is 47.4. The van der Waals surface area contributed by atoms with Crippen LogP contribution in [-0.2, 0) is 16.6 Å². The molecule has 1 aliphatic rings. The molecule has 37 heavy (non-hydrogen) atoms. The minimum atomic E-state index is -3.73. The van der Waals surface area contributed by atoms with E-state index in [2.05, 4.69) is 0 Å². The number of nitrogens with zero attached hydrogens (tertiary/aromatic N) is 3. The Morgan fingerprint density at radius 3 is 2.32 bits per heavy atom. The van der Waals surface area contributed by atoms with Gasteiger partial charge in [0.15, 0.2) is 0 Å². The highest BCUT2D eigenvalue weighted by molar-refractivity contribution is 7.89. The average Bonchev–Trinajstić information content (AvgIpc) is 2.90. The Bertz CT molecular complexity index is 1350. The van der Waals surface area contributed by atoms with E-state index in [4.69, 9.17) is 4.74 Å². The third-order valence-electron chi connectivity index (χ3n) is 6.49. The van der Waals surface area contributed by atoms with E-state index in [-0.39, 0.29) is 23.2 Å². The summed E-state index contributed by atoms with van der Waals surface area (Å²) in [5.74, 6) is 0.110. The molecule has 0 spiro atoms. The third-order valence-corrected chi connectivity index (χ3v) is 8.31.